The number of benzene rings is 2. The van der Waals surface area contributed by atoms with Crippen LogP contribution in [0.1, 0.15) is 39.7 Å². The summed E-state index contributed by atoms with van der Waals surface area (Å²) < 4.78 is 0. The fourth-order valence-electron chi connectivity index (χ4n) is 4.16. The van der Waals surface area contributed by atoms with Gasteiger partial charge >= 0.3 is 0 Å². The molecule has 4 rings (SSSR count). The molecule has 7 heteroatoms. The Morgan fingerprint density at radius 1 is 1.11 bits per heavy atom. The summed E-state index contributed by atoms with van der Waals surface area (Å²) in [4.78, 5) is 34.0. The van der Waals surface area contributed by atoms with Gasteiger partial charge in [0.25, 0.3) is 5.91 Å². The maximum absolute atomic E-state index is 13.2. The highest BCUT2D eigenvalue weighted by atomic mass is 16.2. The molecule has 1 aliphatic rings. The molecule has 0 unspecified atom stereocenters. The average Bonchev–Trinajstić information content (AvgIpc) is 2.87. The zero-order valence-electron chi connectivity index (χ0n) is 20.3. The first-order chi connectivity index (χ1) is 16.9. The van der Waals surface area contributed by atoms with E-state index in [9.17, 15) is 14.9 Å². The fourth-order valence-corrected chi connectivity index (χ4v) is 4.16. The lowest BCUT2D eigenvalue weighted by molar-refractivity contribution is -0.120. The first-order valence-corrected chi connectivity index (χ1v) is 11.7. The van der Waals surface area contributed by atoms with Gasteiger partial charge in [0, 0.05) is 42.8 Å². The van der Waals surface area contributed by atoms with E-state index in [4.69, 9.17) is 0 Å². The maximum Gasteiger partial charge on any atom is 0.251 e. The zero-order chi connectivity index (χ0) is 24.9. The fraction of sp³-hybridized carbons (Fsp3) is 0.286. The standard InChI is InChI=1S/C28H29N5O2/c1-4-20-7-8-26(24(11-20)15-29)22-12-23(28(35)31-17-21-6-5-19(2)30-16-21)14-25(13-22)33-10-9-32(3)18-27(33)34/h5-8,11-14,16H,4,9-10,17-18H2,1-3H3,(H,31,35). The lowest BCUT2D eigenvalue weighted by atomic mass is 9.95. The van der Waals surface area contributed by atoms with Crippen molar-refractivity contribution in [2.45, 2.75) is 26.8 Å². The summed E-state index contributed by atoms with van der Waals surface area (Å²) in [5.41, 5.74) is 6.00. The molecule has 35 heavy (non-hydrogen) atoms. The SMILES string of the molecule is CCc1ccc(-c2cc(C(=O)NCc3ccc(C)nc3)cc(N3CCN(C)CC3=O)c2)c(C#N)c1. The number of anilines is 1. The van der Waals surface area contributed by atoms with E-state index < -0.39 is 0 Å². The van der Waals surface area contributed by atoms with E-state index in [2.05, 4.69) is 16.4 Å². The molecule has 0 bridgehead atoms. The van der Waals surface area contributed by atoms with E-state index in [1.807, 2.05) is 62.2 Å². The van der Waals surface area contributed by atoms with Crippen molar-refractivity contribution in [2.24, 2.45) is 0 Å². The largest absolute Gasteiger partial charge is 0.348 e. The highest BCUT2D eigenvalue weighted by Gasteiger charge is 2.24. The van der Waals surface area contributed by atoms with Crippen molar-refractivity contribution in [1.82, 2.24) is 15.2 Å². The van der Waals surface area contributed by atoms with Crippen LogP contribution in [0, 0.1) is 18.3 Å². The third-order valence-corrected chi connectivity index (χ3v) is 6.25. The van der Waals surface area contributed by atoms with E-state index in [1.165, 1.54) is 0 Å². The number of hydrogen-bond donors (Lipinski definition) is 1. The van der Waals surface area contributed by atoms with Crippen molar-refractivity contribution in [2.75, 3.05) is 31.6 Å². The molecule has 2 heterocycles. The molecule has 2 amide bonds. The zero-order valence-corrected chi connectivity index (χ0v) is 20.3. The van der Waals surface area contributed by atoms with Crippen LogP contribution in [-0.4, -0.2) is 48.4 Å². The highest BCUT2D eigenvalue weighted by Crippen LogP contribution is 2.31. The predicted molar refractivity (Wildman–Crippen MR) is 136 cm³/mol. The van der Waals surface area contributed by atoms with Gasteiger partial charge in [0.1, 0.15) is 0 Å². The molecule has 1 saturated heterocycles. The summed E-state index contributed by atoms with van der Waals surface area (Å²) in [6.45, 7) is 5.90. The number of carbonyl (C=O) groups is 2. The van der Waals surface area contributed by atoms with E-state index in [-0.39, 0.29) is 11.8 Å². The topological polar surface area (TPSA) is 89.3 Å². The van der Waals surface area contributed by atoms with Crippen LogP contribution in [0.5, 0.6) is 0 Å². The summed E-state index contributed by atoms with van der Waals surface area (Å²) in [5, 5.41) is 12.7. The number of carbonyl (C=O) groups excluding carboxylic acids is 2. The number of nitriles is 1. The molecule has 1 aromatic heterocycles. The third kappa shape index (κ3) is 5.56. The van der Waals surface area contributed by atoms with Crippen molar-refractivity contribution in [3.63, 3.8) is 0 Å². The molecule has 0 spiro atoms. The molecule has 1 N–H and O–H groups in total. The molecule has 2 aromatic carbocycles. The molecule has 0 saturated carbocycles. The Morgan fingerprint density at radius 3 is 2.60 bits per heavy atom. The average molecular weight is 468 g/mol. The van der Waals surface area contributed by atoms with Gasteiger partial charge < -0.3 is 10.2 Å². The van der Waals surface area contributed by atoms with Gasteiger partial charge in [-0.1, -0.05) is 25.1 Å². The van der Waals surface area contributed by atoms with Gasteiger partial charge in [-0.05, 0) is 73.0 Å². The second kappa shape index (κ2) is 10.5. The summed E-state index contributed by atoms with van der Waals surface area (Å²) in [7, 11) is 1.92. The van der Waals surface area contributed by atoms with Crippen molar-refractivity contribution in [3.05, 3.63) is 82.7 Å². The van der Waals surface area contributed by atoms with Crippen LogP contribution in [0.25, 0.3) is 11.1 Å². The van der Waals surface area contributed by atoms with Crippen LogP contribution < -0.4 is 10.2 Å². The van der Waals surface area contributed by atoms with Gasteiger partial charge in [0.15, 0.2) is 0 Å². The van der Waals surface area contributed by atoms with Crippen LogP contribution in [0.15, 0.2) is 54.7 Å². The first kappa shape index (κ1) is 24.1. The van der Waals surface area contributed by atoms with Crippen molar-refractivity contribution in [1.29, 1.82) is 5.26 Å². The van der Waals surface area contributed by atoms with Crippen LogP contribution >= 0.6 is 0 Å². The smallest absolute Gasteiger partial charge is 0.251 e. The minimum atomic E-state index is -0.251. The van der Waals surface area contributed by atoms with Gasteiger partial charge in [0.2, 0.25) is 5.91 Å². The molecular formula is C28H29N5O2. The first-order valence-electron chi connectivity index (χ1n) is 11.7. The van der Waals surface area contributed by atoms with E-state index in [1.54, 1.807) is 23.2 Å². The number of nitrogens with zero attached hydrogens (tertiary/aromatic N) is 4. The van der Waals surface area contributed by atoms with E-state index in [0.717, 1.165) is 40.9 Å². The Morgan fingerprint density at radius 2 is 1.91 bits per heavy atom. The van der Waals surface area contributed by atoms with Gasteiger partial charge in [-0.25, -0.2) is 0 Å². The summed E-state index contributed by atoms with van der Waals surface area (Å²) >= 11 is 0. The second-order valence-corrected chi connectivity index (χ2v) is 8.89. The number of aryl methyl sites for hydroxylation is 2. The second-order valence-electron chi connectivity index (χ2n) is 8.89. The van der Waals surface area contributed by atoms with Gasteiger partial charge in [0.05, 0.1) is 18.2 Å². The minimum absolute atomic E-state index is 0.0187. The Bertz CT molecular complexity index is 1290. The lowest BCUT2D eigenvalue weighted by Crippen LogP contribution is -2.49. The quantitative estimate of drug-likeness (QED) is 0.597. The molecule has 1 aliphatic heterocycles. The molecule has 3 aromatic rings. The number of likely N-dealkylation sites (N-methyl/N-ethyl adjacent to an activating group) is 1. The van der Waals surface area contributed by atoms with E-state index >= 15 is 0 Å². The van der Waals surface area contributed by atoms with Gasteiger partial charge in [-0.2, -0.15) is 5.26 Å². The molecule has 1 fully saturated rings. The Labute approximate surface area is 206 Å². The van der Waals surface area contributed by atoms with Crippen molar-refractivity contribution in [3.8, 4) is 17.2 Å². The van der Waals surface area contributed by atoms with E-state index in [0.29, 0.717) is 36.4 Å². The van der Waals surface area contributed by atoms with Gasteiger partial charge in [-0.3, -0.25) is 19.5 Å². The van der Waals surface area contributed by atoms with Crippen LogP contribution in [0.2, 0.25) is 0 Å². The maximum atomic E-state index is 13.2. The number of aromatic nitrogens is 1. The summed E-state index contributed by atoms with van der Waals surface area (Å²) in [5.74, 6) is -0.270. The number of rotatable bonds is 6. The number of piperazine rings is 1. The normalized spacial score (nSPS) is 14.0. The highest BCUT2D eigenvalue weighted by molar-refractivity contribution is 6.01. The monoisotopic (exact) mass is 467 g/mol. The van der Waals surface area contributed by atoms with Crippen LogP contribution in [0.3, 0.4) is 0 Å². The summed E-state index contributed by atoms with van der Waals surface area (Å²) in [6, 6.07) is 17.4. The molecule has 178 valence electrons. The van der Waals surface area contributed by atoms with Crippen molar-refractivity contribution >= 4 is 17.5 Å². The molecule has 0 atom stereocenters. The Hall–Kier alpha value is -4.02. The molecule has 0 radical (unpaired) electrons. The third-order valence-electron chi connectivity index (χ3n) is 6.25. The molecular weight excluding hydrogens is 438 g/mol. The summed E-state index contributed by atoms with van der Waals surface area (Å²) in [6.07, 6.45) is 2.57. The number of pyridine rings is 1. The van der Waals surface area contributed by atoms with Crippen molar-refractivity contribution < 1.29 is 9.59 Å². The lowest BCUT2D eigenvalue weighted by Gasteiger charge is -2.32. The van der Waals surface area contributed by atoms with Crippen LogP contribution in [0.4, 0.5) is 5.69 Å². The Kier molecular flexibility index (Phi) is 7.23. The number of hydrogen-bond acceptors (Lipinski definition) is 5. The Balaban J connectivity index is 1.71. The molecule has 7 nitrogen and oxygen atoms in total. The predicted octanol–water partition coefficient (Wildman–Crippen LogP) is 3.70. The van der Waals surface area contributed by atoms with Gasteiger partial charge in [-0.15, -0.1) is 0 Å². The molecule has 0 aliphatic carbocycles. The number of nitrogens with one attached hydrogen (secondary N) is 1. The minimum Gasteiger partial charge on any atom is -0.348 e. The number of amides is 2. The van der Waals surface area contributed by atoms with Crippen LogP contribution in [-0.2, 0) is 17.8 Å².